The van der Waals surface area contributed by atoms with Crippen molar-refractivity contribution in [1.29, 1.82) is 0 Å². The van der Waals surface area contributed by atoms with Crippen LogP contribution in [0, 0.1) is 0 Å². The van der Waals surface area contributed by atoms with Crippen molar-refractivity contribution in [2.75, 3.05) is 11.9 Å². The molecule has 0 bridgehead atoms. The SMILES string of the molecule is Cl.Cn1ccc(-c2cccc(-c3csc(NC(=O)CN)n3)c2)n1. The van der Waals surface area contributed by atoms with Gasteiger partial charge >= 0.3 is 0 Å². The van der Waals surface area contributed by atoms with Gasteiger partial charge in [-0.15, -0.1) is 23.7 Å². The Morgan fingerprint density at radius 1 is 1.30 bits per heavy atom. The van der Waals surface area contributed by atoms with Gasteiger partial charge in [-0.2, -0.15) is 5.10 Å². The predicted molar refractivity (Wildman–Crippen MR) is 94.7 cm³/mol. The standard InChI is InChI=1S/C15H15N5OS.ClH/c1-20-6-5-12(19-20)10-3-2-4-11(7-10)13-9-22-15(17-13)18-14(21)8-16;/h2-7,9H,8,16H2,1H3,(H,17,18,21);1H. The molecule has 120 valence electrons. The topological polar surface area (TPSA) is 85.8 Å². The molecule has 3 aromatic rings. The lowest BCUT2D eigenvalue weighted by Gasteiger charge is -2.01. The minimum atomic E-state index is -0.247. The van der Waals surface area contributed by atoms with Crippen LogP contribution in [0.15, 0.2) is 41.9 Å². The second kappa shape index (κ2) is 7.36. The first-order valence-electron chi connectivity index (χ1n) is 6.71. The number of halogens is 1. The van der Waals surface area contributed by atoms with Gasteiger partial charge in [-0.25, -0.2) is 4.98 Å². The molecule has 2 aromatic heterocycles. The number of hydrogen-bond donors (Lipinski definition) is 2. The van der Waals surface area contributed by atoms with Gasteiger partial charge in [-0.05, 0) is 12.1 Å². The van der Waals surface area contributed by atoms with Crippen molar-refractivity contribution in [2.24, 2.45) is 12.8 Å². The predicted octanol–water partition coefficient (Wildman–Crippen LogP) is 2.53. The molecule has 6 nitrogen and oxygen atoms in total. The summed E-state index contributed by atoms with van der Waals surface area (Å²) in [5, 5.41) is 9.51. The Labute approximate surface area is 143 Å². The fourth-order valence-corrected chi connectivity index (χ4v) is 2.78. The van der Waals surface area contributed by atoms with Crippen LogP contribution >= 0.6 is 23.7 Å². The minimum absolute atomic E-state index is 0. The molecule has 1 aromatic carbocycles. The third-order valence-corrected chi connectivity index (χ3v) is 3.86. The Bertz CT molecular complexity index is 814. The molecule has 3 rings (SSSR count). The molecule has 0 saturated carbocycles. The van der Waals surface area contributed by atoms with E-state index in [1.165, 1.54) is 11.3 Å². The number of thiazole rings is 1. The summed E-state index contributed by atoms with van der Waals surface area (Å²) in [6.45, 7) is -0.0515. The van der Waals surface area contributed by atoms with E-state index in [1.807, 2.05) is 49.0 Å². The molecule has 1 amide bonds. The number of benzene rings is 1. The Morgan fingerprint density at radius 3 is 2.70 bits per heavy atom. The van der Waals surface area contributed by atoms with Gasteiger partial charge in [0.15, 0.2) is 5.13 Å². The Morgan fingerprint density at radius 2 is 2.04 bits per heavy atom. The highest BCUT2D eigenvalue weighted by molar-refractivity contribution is 7.14. The first-order chi connectivity index (χ1) is 10.7. The number of anilines is 1. The van der Waals surface area contributed by atoms with E-state index < -0.39 is 0 Å². The molecule has 0 spiro atoms. The Hall–Kier alpha value is -2.22. The van der Waals surface area contributed by atoms with Crippen molar-refractivity contribution >= 4 is 34.8 Å². The van der Waals surface area contributed by atoms with Crippen LogP contribution in [0.3, 0.4) is 0 Å². The van der Waals surface area contributed by atoms with Crippen molar-refractivity contribution < 1.29 is 4.79 Å². The lowest BCUT2D eigenvalue weighted by molar-refractivity contribution is -0.114. The van der Waals surface area contributed by atoms with Gasteiger partial charge in [0, 0.05) is 29.8 Å². The van der Waals surface area contributed by atoms with Crippen molar-refractivity contribution in [1.82, 2.24) is 14.8 Å². The fraction of sp³-hybridized carbons (Fsp3) is 0.133. The molecule has 2 heterocycles. The second-order valence-corrected chi connectivity index (χ2v) is 5.60. The average Bonchev–Trinajstić information content (AvgIpc) is 3.16. The van der Waals surface area contributed by atoms with E-state index in [9.17, 15) is 4.79 Å². The highest BCUT2D eigenvalue weighted by atomic mass is 35.5. The van der Waals surface area contributed by atoms with E-state index in [4.69, 9.17) is 5.73 Å². The summed E-state index contributed by atoms with van der Waals surface area (Å²) >= 11 is 1.38. The van der Waals surface area contributed by atoms with E-state index in [0.29, 0.717) is 5.13 Å². The maximum Gasteiger partial charge on any atom is 0.239 e. The van der Waals surface area contributed by atoms with E-state index in [1.54, 1.807) is 4.68 Å². The van der Waals surface area contributed by atoms with Crippen LogP contribution in [0.2, 0.25) is 0 Å². The van der Waals surface area contributed by atoms with Crippen LogP contribution < -0.4 is 11.1 Å². The summed E-state index contributed by atoms with van der Waals surface area (Å²) in [6, 6.07) is 9.96. The zero-order chi connectivity index (χ0) is 15.5. The number of amides is 1. The van der Waals surface area contributed by atoms with E-state index in [0.717, 1.165) is 22.5 Å². The second-order valence-electron chi connectivity index (χ2n) is 4.75. The van der Waals surface area contributed by atoms with Crippen LogP contribution in [0.5, 0.6) is 0 Å². The maximum atomic E-state index is 11.3. The average molecular weight is 350 g/mol. The van der Waals surface area contributed by atoms with Gasteiger partial charge in [0.2, 0.25) is 5.91 Å². The summed E-state index contributed by atoms with van der Waals surface area (Å²) < 4.78 is 1.77. The number of aryl methyl sites for hydroxylation is 1. The molecule has 0 radical (unpaired) electrons. The monoisotopic (exact) mass is 349 g/mol. The maximum absolute atomic E-state index is 11.3. The van der Waals surface area contributed by atoms with Gasteiger partial charge in [0.05, 0.1) is 17.9 Å². The van der Waals surface area contributed by atoms with Crippen LogP contribution in [-0.4, -0.2) is 27.2 Å². The van der Waals surface area contributed by atoms with Gasteiger partial charge in [0.1, 0.15) is 0 Å². The number of rotatable bonds is 4. The molecule has 3 N–H and O–H groups in total. The first kappa shape index (κ1) is 17.1. The normalized spacial score (nSPS) is 10.2. The van der Waals surface area contributed by atoms with Crippen LogP contribution in [0.25, 0.3) is 22.5 Å². The van der Waals surface area contributed by atoms with E-state index in [2.05, 4.69) is 15.4 Å². The highest BCUT2D eigenvalue weighted by Gasteiger charge is 2.09. The lowest BCUT2D eigenvalue weighted by atomic mass is 10.1. The minimum Gasteiger partial charge on any atom is -0.322 e. The lowest BCUT2D eigenvalue weighted by Crippen LogP contribution is -2.21. The summed E-state index contributed by atoms with van der Waals surface area (Å²) in [6.07, 6.45) is 1.91. The Balaban J connectivity index is 0.00000192. The summed E-state index contributed by atoms with van der Waals surface area (Å²) in [5.74, 6) is -0.247. The van der Waals surface area contributed by atoms with E-state index in [-0.39, 0.29) is 24.9 Å². The third-order valence-electron chi connectivity index (χ3n) is 3.10. The van der Waals surface area contributed by atoms with Crippen LogP contribution in [-0.2, 0) is 11.8 Å². The van der Waals surface area contributed by atoms with Crippen LogP contribution in [0.1, 0.15) is 0 Å². The zero-order valence-corrected chi connectivity index (χ0v) is 14.0. The van der Waals surface area contributed by atoms with Gasteiger partial charge in [-0.1, -0.05) is 18.2 Å². The van der Waals surface area contributed by atoms with E-state index >= 15 is 0 Å². The first-order valence-corrected chi connectivity index (χ1v) is 7.59. The molecular formula is C15H16ClN5OS. The molecule has 0 aliphatic rings. The smallest absolute Gasteiger partial charge is 0.239 e. The molecule has 0 saturated heterocycles. The van der Waals surface area contributed by atoms with Crippen molar-refractivity contribution in [3.05, 3.63) is 41.9 Å². The summed E-state index contributed by atoms with van der Waals surface area (Å²) in [4.78, 5) is 15.7. The van der Waals surface area contributed by atoms with Gasteiger partial charge in [-0.3, -0.25) is 9.48 Å². The molecule has 0 aliphatic heterocycles. The zero-order valence-electron chi connectivity index (χ0n) is 12.4. The molecule has 0 fully saturated rings. The van der Waals surface area contributed by atoms with Crippen molar-refractivity contribution in [3.63, 3.8) is 0 Å². The highest BCUT2D eigenvalue weighted by Crippen LogP contribution is 2.28. The number of carbonyl (C=O) groups excluding carboxylic acids is 1. The number of hydrogen-bond acceptors (Lipinski definition) is 5. The summed E-state index contributed by atoms with van der Waals surface area (Å²) in [5.41, 5.74) is 9.01. The van der Waals surface area contributed by atoms with Crippen molar-refractivity contribution in [2.45, 2.75) is 0 Å². The largest absolute Gasteiger partial charge is 0.322 e. The third kappa shape index (κ3) is 3.95. The number of nitrogens with zero attached hydrogens (tertiary/aromatic N) is 3. The summed E-state index contributed by atoms with van der Waals surface area (Å²) in [7, 11) is 1.89. The molecule has 0 atom stereocenters. The van der Waals surface area contributed by atoms with Crippen molar-refractivity contribution in [3.8, 4) is 22.5 Å². The number of nitrogens with two attached hydrogens (primary N) is 1. The molecule has 0 aliphatic carbocycles. The molecule has 0 unspecified atom stereocenters. The van der Waals surface area contributed by atoms with Crippen LogP contribution in [0.4, 0.5) is 5.13 Å². The molecule has 8 heteroatoms. The number of aromatic nitrogens is 3. The van der Waals surface area contributed by atoms with Gasteiger partial charge < -0.3 is 11.1 Å². The Kier molecular flexibility index (Phi) is 5.49. The fourth-order valence-electron chi connectivity index (χ4n) is 2.04. The quantitative estimate of drug-likeness (QED) is 0.757. The molecule has 23 heavy (non-hydrogen) atoms. The number of nitrogens with one attached hydrogen (secondary N) is 1. The molecular weight excluding hydrogens is 334 g/mol. The van der Waals surface area contributed by atoms with Gasteiger partial charge in [0.25, 0.3) is 0 Å². The number of carbonyl (C=O) groups is 1.